The van der Waals surface area contributed by atoms with Gasteiger partial charge in [-0.05, 0) is 54.1 Å². The van der Waals surface area contributed by atoms with Crippen LogP contribution in [0, 0.1) is 0 Å². The minimum Gasteiger partial charge on any atom is -0.497 e. The highest BCUT2D eigenvalue weighted by atomic mass is 35.5. The third kappa shape index (κ3) is 6.15. The van der Waals surface area contributed by atoms with Crippen LogP contribution in [-0.2, 0) is 23.1 Å². The van der Waals surface area contributed by atoms with E-state index in [0.29, 0.717) is 33.7 Å². The van der Waals surface area contributed by atoms with Gasteiger partial charge in [-0.2, -0.15) is 4.31 Å². The predicted molar refractivity (Wildman–Crippen MR) is 140 cm³/mol. The summed E-state index contributed by atoms with van der Waals surface area (Å²) in [4.78, 5) is 4.60. The van der Waals surface area contributed by atoms with Crippen molar-refractivity contribution in [3.05, 3.63) is 107 Å². The lowest BCUT2D eigenvalue weighted by Gasteiger charge is -2.21. The van der Waals surface area contributed by atoms with E-state index in [1.54, 1.807) is 62.9 Å². The second-order valence-corrected chi connectivity index (χ2v) is 10.2. The molecule has 4 aromatic rings. The Balaban J connectivity index is 1.58. The number of hydrogen-bond acceptors (Lipinski definition) is 6. The second-order valence-electron chi connectivity index (χ2n) is 7.81. The molecule has 0 amide bonds. The van der Waals surface area contributed by atoms with E-state index in [2.05, 4.69) is 4.99 Å². The average molecular weight is 525 g/mol. The summed E-state index contributed by atoms with van der Waals surface area (Å²) < 4.78 is 44.8. The first-order valence-electron chi connectivity index (χ1n) is 11.0. The van der Waals surface area contributed by atoms with Crippen molar-refractivity contribution in [3.63, 3.8) is 0 Å². The molecule has 36 heavy (non-hydrogen) atoms. The lowest BCUT2D eigenvalue weighted by Crippen LogP contribution is -2.30. The van der Waals surface area contributed by atoms with Crippen LogP contribution in [0.5, 0.6) is 11.5 Å². The van der Waals surface area contributed by atoms with Gasteiger partial charge in [0.25, 0.3) is 0 Å². The Labute approximate surface area is 215 Å². The van der Waals surface area contributed by atoms with Crippen LogP contribution in [0.2, 0.25) is 5.02 Å². The molecule has 186 valence electrons. The molecule has 0 saturated carbocycles. The van der Waals surface area contributed by atoms with E-state index in [-0.39, 0.29) is 18.0 Å². The highest BCUT2D eigenvalue weighted by molar-refractivity contribution is 7.89. The predicted octanol–water partition coefficient (Wildman–Crippen LogP) is 6.09. The number of rotatable bonds is 10. The molecule has 0 aliphatic heterocycles. The SMILES string of the molecule is COc1ccc(N=Cc2ccc(CN(Cc3ccccc3)S(=O)(=O)c3ccc(Cl)cc3)o2)c(OC)c1. The Morgan fingerprint density at radius 1 is 0.917 bits per heavy atom. The van der Waals surface area contributed by atoms with Gasteiger partial charge in [-0.3, -0.25) is 0 Å². The number of furan rings is 1. The van der Waals surface area contributed by atoms with E-state index in [9.17, 15) is 8.42 Å². The monoisotopic (exact) mass is 524 g/mol. The van der Waals surface area contributed by atoms with Crippen molar-refractivity contribution in [3.8, 4) is 11.5 Å². The molecule has 9 heteroatoms. The van der Waals surface area contributed by atoms with Crippen LogP contribution in [0.15, 0.2) is 99.2 Å². The highest BCUT2D eigenvalue weighted by Gasteiger charge is 2.26. The third-order valence-corrected chi connectivity index (χ3v) is 7.44. The summed E-state index contributed by atoms with van der Waals surface area (Å²) in [6.07, 6.45) is 1.56. The number of ether oxygens (including phenoxy) is 2. The van der Waals surface area contributed by atoms with Crippen LogP contribution in [0.4, 0.5) is 5.69 Å². The maximum absolute atomic E-state index is 13.5. The van der Waals surface area contributed by atoms with Crippen LogP contribution in [0.25, 0.3) is 0 Å². The van der Waals surface area contributed by atoms with Gasteiger partial charge in [-0.25, -0.2) is 13.4 Å². The highest BCUT2D eigenvalue weighted by Crippen LogP contribution is 2.31. The fourth-order valence-corrected chi connectivity index (χ4v) is 5.04. The van der Waals surface area contributed by atoms with Crippen molar-refractivity contribution in [2.75, 3.05) is 14.2 Å². The van der Waals surface area contributed by atoms with E-state index >= 15 is 0 Å². The summed E-state index contributed by atoms with van der Waals surface area (Å²) in [6.45, 7) is 0.221. The number of sulfonamides is 1. The first-order chi connectivity index (χ1) is 17.4. The molecule has 4 rings (SSSR count). The van der Waals surface area contributed by atoms with Crippen molar-refractivity contribution in [2.45, 2.75) is 18.0 Å². The Morgan fingerprint density at radius 2 is 1.67 bits per heavy atom. The van der Waals surface area contributed by atoms with Gasteiger partial charge in [0.05, 0.1) is 31.9 Å². The molecule has 0 bridgehead atoms. The topological polar surface area (TPSA) is 81.3 Å². The normalized spacial score (nSPS) is 11.8. The maximum Gasteiger partial charge on any atom is 0.243 e. The van der Waals surface area contributed by atoms with E-state index in [0.717, 1.165) is 5.56 Å². The molecule has 0 radical (unpaired) electrons. The second kappa shape index (κ2) is 11.4. The number of halogens is 1. The standard InChI is InChI=1S/C27H25ClN2O5S/c1-33-22-12-15-26(27(16-22)34-2)29-17-23-10-11-24(35-23)19-30(18-20-6-4-3-5-7-20)36(31,32)25-13-8-21(28)9-14-25/h3-17H,18-19H2,1-2H3. The lowest BCUT2D eigenvalue weighted by molar-refractivity contribution is 0.357. The van der Waals surface area contributed by atoms with Gasteiger partial charge in [-0.15, -0.1) is 0 Å². The zero-order chi connectivity index (χ0) is 25.5. The molecule has 1 aromatic heterocycles. The largest absolute Gasteiger partial charge is 0.497 e. The van der Waals surface area contributed by atoms with Crippen molar-refractivity contribution < 1.29 is 22.3 Å². The van der Waals surface area contributed by atoms with Gasteiger partial charge < -0.3 is 13.9 Å². The summed E-state index contributed by atoms with van der Waals surface area (Å²) in [5.74, 6) is 2.17. The fourth-order valence-electron chi connectivity index (χ4n) is 3.52. The first kappa shape index (κ1) is 25.5. The minimum absolute atomic E-state index is 0.0412. The van der Waals surface area contributed by atoms with Crippen molar-refractivity contribution in [2.24, 2.45) is 4.99 Å². The molecular weight excluding hydrogens is 500 g/mol. The van der Waals surface area contributed by atoms with E-state index in [1.165, 1.54) is 16.4 Å². The Bertz CT molecular complexity index is 1430. The molecule has 1 heterocycles. The molecule has 0 unspecified atom stereocenters. The molecule has 0 aliphatic carbocycles. The summed E-state index contributed by atoms with van der Waals surface area (Å²) >= 11 is 5.96. The molecule has 0 atom stereocenters. The number of benzene rings is 3. The van der Waals surface area contributed by atoms with Gasteiger partial charge in [0.2, 0.25) is 10.0 Å². The lowest BCUT2D eigenvalue weighted by atomic mass is 10.2. The average Bonchev–Trinajstić information content (AvgIpc) is 3.35. The summed E-state index contributed by atoms with van der Waals surface area (Å²) in [5, 5.41) is 0.465. The van der Waals surface area contributed by atoms with Gasteiger partial charge in [0.1, 0.15) is 28.7 Å². The molecule has 0 aliphatic rings. The summed E-state index contributed by atoms with van der Waals surface area (Å²) in [6, 6.07) is 24.3. The summed E-state index contributed by atoms with van der Waals surface area (Å²) in [7, 11) is -0.687. The van der Waals surface area contributed by atoms with Gasteiger partial charge in [-0.1, -0.05) is 41.9 Å². The first-order valence-corrected chi connectivity index (χ1v) is 12.9. The quantitative estimate of drug-likeness (QED) is 0.234. The summed E-state index contributed by atoms with van der Waals surface area (Å²) in [5.41, 5.74) is 1.46. The van der Waals surface area contributed by atoms with Crippen LogP contribution in [0.1, 0.15) is 17.1 Å². The zero-order valence-corrected chi connectivity index (χ0v) is 21.4. The molecule has 3 aromatic carbocycles. The Hall–Kier alpha value is -3.59. The van der Waals surface area contributed by atoms with Crippen molar-refractivity contribution in [1.29, 1.82) is 0 Å². The Morgan fingerprint density at radius 3 is 2.36 bits per heavy atom. The minimum atomic E-state index is -3.82. The van der Waals surface area contributed by atoms with E-state index in [1.807, 2.05) is 30.3 Å². The number of hydrogen-bond donors (Lipinski definition) is 0. The number of nitrogens with zero attached hydrogens (tertiary/aromatic N) is 2. The van der Waals surface area contributed by atoms with Gasteiger partial charge >= 0.3 is 0 Å². The zero-order valence-electron chi connectivity index (χ0n) is 19.8. The molecule has 0 fully saturated rings. The van der Waals surface area contributed by atoms with Crippen LogP contribution in [-0.4, -0.2) is 33.2 Å². The molecule has 0 N–H and O–H groups in total. The Kier molecular flexibility index (Phi) is 8.10. The van der Waals surface area contributed by atoms with Crippen molar-refractivity contribution in [1.82, 2.24) is 4.31 Å². The van der Waals surface area contributed by atoms with Crippen molar-refractivity contribution >= 4 is 33.5 Å². The van der Waals surface area contributed by atoms with Crippen LogP contribution in [0.3, 0.4) is 0 Å². The van der Waals surface area contributed by atoms with Crippen LogP contribution < -0.4 is 9.47 Å². The molecule has 7 nitrogen and oxygen atoms in total. The molecule has 0 saturated heterocycles. The smallest absolute Gasteiger partial charge is 0.243 e. The third-order valence-electron chi connectivity index (χ3n) is 5.39. The maximum atomic E-state index is 13.5. The van der Waals surface area contributed by atoms with E-state index in [4.69, 9.17) is 25.5 Å². The number of methoxy groups -OCH3 is 2. The fraction of sp³-hybridized carbons (Fsp3) is 0.148. The van der Waals surface area contributed by atoms with Gasteiger partial charge in [0.15, 0.2) is 0 Å². The van der Waals surface area contributed by atoms with E-state index < -0.39 is 10.0 Å². The molecular formula is C27H25ClN2O5S. The molecule has 0 spiro atoms. The van der Waals surface area contributed by atoms with Gasteiger partial charge in [0, 0.05) is 17.6 Å². The van der Waals surface area contributed by atoms with Crippen LogP contribution >= 0.6 is 11.6 Å². The number of aliphatic imine (C=N–C) groups is 1.